The van der Waals surface area contributed by atoms with Crippen LogP contribution in [-0.4, -0.2) is 17.3 Å². The summed E-state index contributed by atoms with van der Waals surface area (Å²) >= 11 is 0. The van der Waals surface area contributed by atoms with Gasteiger partial charge in [-0.1, -0.05) is 12.1 Å². The van der Waals surface area contributed by atoms with Gasteiger partial charge >= 0.3 is 0 Å². The molecule has 2 unspecified atom stereocenters. The molecular formula is C13H16N4. The normalized spacial score (nSPS) is 24.1. The van der Waals surface area contributed by atoms with Gasteiger partial charge in [0.1, 0.15) is 0 Å². The first-order chi connectivity index (χ1) is 8.34. The number of benzene rings is 1. The first-order valence-corrected chi connectivity index (χ1v) is 5.82. The van der Waals surface area contributed by atoms with Crippen molar-refractivity contribution in [3.05, 3.63) is 54.4 Å². The summed E-state index contributed by atoms with van der Waals surface area (Å²) < 4.78 is 2.09. The lowest BCUT2D eigenvalue weighted by atomic mass is 9.97. The van der Waals surface area contributed by atoms with Crippen LogP contribution in [-0.2, 0) is 0 Å². The molecule has 1 aromatic heterocycles. The van der Waals surface area contributed by atoms with Crippen molar-refractivity contribution in [3.8, 4) is 5.69 Å². The van der Waals surface area contributed by atoms with Gasteiger partial charge in [-0.2, -0.15) is 0 Å². The second-order valence-electron chi connectivity index (χ2n) is 4.34. The van der Waals surface area contributed by atoms with Crippen LogP contribution >= 0.6 is 0 Å². The minimum absolute atomic E-state index is 0.00701. The van der Waals surface area contributed by atoms with Gasteiger partial charge in [0.15, 0.2) is 0 Å². The monoisotopic (exact) mass is 228 g/mol. The SMILES string of the molecule is NC1NNCC1c1ccc(-n2cccc2)cc1. The van der Waals surface area contributed by atoms with Gasteiger partial charge in [-0.25, -0.2) is 5.43 Å². The van der Waals surface area contributed by atoms with Crippen molar-refractivity contribution >= 4 is 0 Å². The number of nitrogens with one attached hydrogen (secondary N) is 2. The molecule has 0 bridgehead atoms. The molecule has 17 heavy (non-hydrogen) atoms. The molecule has 1 saturated heterocycles. The highest BCUT2D eigenvalue weighted by Crippen LogP contribution is 2.21. The molecule has 1 aromatic carbocycles. The van der Waals surface area contributed by atoms with Crippen LogP contribution in [0.2, 0.25) is 0 Å². The van der Waals surface area contributed by atoms with Crippen molar-refractivity contribution < 1.29 is 0 Å². The molecule has 1 fully saturated rings. The number of rotatable bonds is 2. The van der Waals surface area contributed by atoms with E-state index in [0.29, 0.717) is 5.92 Å². The molecule has 4 nitrogen and oxygen atoms in total. The average Bonchev–Trinajstić information content (AvgIpc) is 3.00. The van der Waals surface area contributed by atoms with Gasteiger partial charge in [-0.05, 0) is 29.8 Å². The summed E-state index contributed by atoms with van der Waals surface area (Å²) in [5.41, 5.74) is 14.5. The van der Waals surface area contributed by atoms with E-state index in [0.717, 1.165) is 6.54 Å². The number of hydrogen-bond acceptors (Lipinski definition) is 3. The van der Waals surface area contributed by atoms with Crippen molar-refractivity contribution in [1.29, 1.82) is 0 Å². The van der Waals surface area contributed by atoms with Crippen LogP contribution in [0, 0.1) is 0 Å². The molecule has 4 N–H and O–H groups in total. The second-order valence-corrected chi connectivity index (χ2v) is 4.34. The van der Waals surface area contributed by atoms with Gasteiger partial charge in [0.25, 0.3) is 0 Å². The van der Waals surface area contributed by atoms with Crippen LogP contribution in [0.5, 0.6) is 0 Å². The first-order valence-electron chi connectivity index (χ1n) is 5.82. The Balaban J connectivity index is 1.85. The van der Waals surface area contributed by atoms with Crippen LogP contribution in [0.15, 0.2) is 48.8 Å². The van der Waals surface area contributed by atoms with E-state index in [4.69, 9.17) is 5.73 Å². The first kappa shape index (κ1) is 10.5. The van der Waals surface area contributed by atoms with Gasteiger partial charge in [0.2, 0.25) is 0 Å². The molecule has 1 aliphatic heterocycles. The van der Waals surface area contributed by atoms with E-state index in [1.54, 1.807) is 0 Å². The summed E-state index contributed by atoms with van der Waals surface area (Å²) in [5.74, 6) is 0.341. The largest absolute Gasteiger partial charge is 0.324 e. The van der Waals surface area contributed by atoms with Crippen LogP contribution in [0.25, 0.3) is 5.69 Å². The van der Waals surface area contributed by atoms with E-state index in [1.165, 1.54) is 11.3 Å². The smallest absolute Gasteiger partial charge is 0.0761 e. The van der Waals surface area contributed by atoms with Crippen LogP contribution < -0.4 is 16.6 Å². The number of nitrogens with two attached hydrogens (primary N) is 1. The van der Waals surface area contributed by atoms with Gasteiger partial charge in [0, 0.05) is 30.5 Å². The summed E-state index contributed by atoms with van der Waals surface area (Å²) in [4.78, 5) is 0. The molecular weight excluding hydrogens is 212 g/mol. The van der Waals surface area contributed by atoms with Gasteiger partial charge in [-0.3, -0.25) is 5.43 Å². The second kappa shape index (κ2) is 4.33. The molecule has 0 amide bonds. The van der Waals surface area contributed by atoms with Gasteiger partial charge < -0.3 is 10.3 Å². The maximum Gasteiger partial charge on any atom is 0.0761 e. The molecule has 4 heteroatoms. The number of nitrogens with zero attached hydrogens (tertiary/aromatic N) is 1. The quantitative estimate of drug-likeness (QED) is 0.717. The summed E-state index contributed by atoms with van der Waals surface area (Å²) in [6, 6.07) is 12.6. The molecule has 2 aromatic rings. The fourth-order valence-corrected chi connectivity index (χ4v) is 2.24. The highest BCUT2D eigenvalue weighted by Gasteiger charge is 2.24. The standard InChI is InChI=1S/C13H16N4/c14-13-12(9-15-16-13)10-3-5-11(6-4-10)17-7-1-2-8-17/h1-8,12-13,15-16H,9,14H2. The summed E-state index contributed by atoms with van der Waals surface area (Å²) in [7, 11) is 0. The Morgan fingerprint density at radius 2 is 1.82 bits per heavy atom. The lowest BCUT2D eigenvalue weighted by Gasteiger charge is -2.14. The molecule has 0 aliphatic carbocycles. The molecule has 2 atom stereocenters. The number of aromatic nitrogens is 1. The summed E-state index contributed by atoms with van der Waals surface area (Å²) in [6.45, 7) is 0.879. The van der Waals surface area contributed by atoms with Crippen molar-refractivity contribution in [2.24, 2.45) is 5.73 Å². The van der Waals surface area contributed by atoms with Crippen LogP contribution in [0.4, 0.5) is 0 Å². The third-order valence-electron chi connectivity index (χ3n) is 3.25. The zero-order chi connectivity index (χ0) is 11.7. The van der Waals surface area contributed by atoms with E-state index in [1.807, 2.05) is 24.5 Å². The molecule has 1 aliphatic rings. The minimum Gasteiger partial charge on any atom is -0.324 e. The Hall–Kier alpha value is -1.62. The maximum absolute atomic E-state index is 5.96. The summed E-state index contributed by atoms with van der Waals surface area (Å²) in [5, 5.41) is 0. The van der Waals surface area contributed by atoms with E-state index in [9.17, 15) is 0 Å². The van der Waals surface area contributed by atoms with Gasteiger partial charge in [0.05, 0.1) is 6.17 Å². The maximum atomic E-state index is 5.96. The Bertz CT molecular complexity index is 475. The third kappa shape index (κ3) is 1.98. The summed E-state index contributed by atoms with van der Waals surface area (Å²) in [6.07, 6.45) is 4.08. The predicted molar refractivity (Wildman–Crippen MR) is 67.6 cm³/mol. The predicted octanol–water partition coefficient (Wildman–Crippen LogP) is 0.954. The lowest BCUT2D eigenvalue weighted by molar-refractivity contribution is 0.547. The average molecular weight is 228 g/mol. The van der Waals surface area contributed by atoms with Crippen molar-refractivity contribution in [3.63, 3.8) is 0 Å². The lowest BCUT2D eigenvalue weighted by Crippen LogP contribution is -2.38. The topological polar surface area (TPSA) is 55.0 Å². The van der Waals surface area contributed by atoms with Crippen molar-refractivity contribution in [2.45, 2.75) is 12.1 Å². The Labute approximate surface area is 100 Å². The van der Waals surface area contributed by atoms with E-state index < -0.39 is 0 Å². The van der Waals surface area contributed by atoms with Gasteiger partial charge in [-0.15, -0.1) is 0 Å². The Morgan fingerprint density at radius 3 is 2.41 bits per heavy atom. The Kier molecular flexibility index (Phi) is 2.68. The minimum atomic E-state index is -0.00701. The van der Waals surface area contributed by atoms with Crippen molar-refractivity contribution in [2.75, 3.05) is 6.54 Å². The van der Waals surface area contributed by atoms with Crippen LogP contribution in [0.1, 0.15) is 11.5 Å². The fraction of sp³-hybridized carbons (Fsp3) is 0.231. The fourth-order valence-electron chi connectivity index (χ4n) is 2.24. The molecule has 88 valence electrons. The molecule has 3 rings (SSSR count). The molecule has 0 radical (unpaired) electrons. The highest BCUT2D eigenvalue weighted by molar-refractivity contribution is 5.37. The molecule has 0 spiro atoms. The van der Waals surface area contributed by atoms with E-state index >= 15 is 0 Å². The van der Waals surface area contributed by atoms with Crippen LogP contribution in [0.3, 0.4) is 0 Å². The Morgan fingerprint density at radius 1 is 1.12 bits per heavy atom. The zero-order valence-corrected chi connectivity index (χ0v) is 9.51. The van der Waals surface area contributed by atoms with E-state index in [-0.39, 0.29) is 6.17 Å². The zero-order valence-electron chi connectivity index (χ0n) is 9.51. The number of hydrogen-bond donors (Lipinski definition) is 3. The van der Waals surface area contributed by atoms with Crippen molar-refractivity contribution in [1.82, 2.24) is 15.4 Å². The highest BCUT2D eigenvalue weighted by atomic mass is 15.4. The number of hydrazine groups is 1. The third-order valence-corrected chi connectivity index (χ3v) is 3.25. The van der Waals surface area contributed by atoms with E-state index in [2.05, 4.69) is 39.7 Å². The molecule has 2 heterocycles. The molecule has 0 saturated carbocycles.